The fraction of sp³-hybridized carbons (Fsp3) is 0.333. The first kappa shape index (κ1) is 13.3. The Morgan fingerprint density at radius 2 is 2.05 bits per heavy atom. The number of carbonyl (C=O) groups excluding carboxylic acids is 1. The van der Waals surface area contributed by atoms with Crippen molar-refractivity contribution in [2.75, 3.05) is 5.73 Å². The molecule has 2 rings (SSSR count). The monoisotopic (exact) mass is 257 g/mol. The highest BCUT2D eigenvalue weighted by Crippen LogP contribution is 2.10. The van der Waals surface area contributed by atoms with Crippen LogP contribution in [-0.4, -0.2) is 15.3 Å². The van der Waals surface area contributed by atoms with E-state index in [1.54, 1.807) is 6.20 Å². The molecule has 4 heteroatoms. The van der Waals surface area contributed by atoms with E-state index in [-0.39, 0.29) is 5.78 Å². The molecule has 19 heavy (non-hydrogen) atoms. The number of aryl methyl sites for hydroxylation is 2. The maximum Gasteiger partial charge on any atom is 0.198 e. The molecule has 0 aliphatic heterocycles. The van der Waals surface area contributed by atoms with Crippen molar-refractivity contribution >= 4 is 11.5 Å². The standard InChI is InChI=1S/C15H19N3O/c1-2-10-18-11-9-17-15(18)14(19)8-5-12-3-6-13(16)7-4-12/h3-4,6-7,9,11H,2,5,8,10,16H2,1H3. The molecule has 1 aromatic heterocycles. The fourth-order valence-electron chi connectivity index (χ4n) is 2.04. The third-order valence-corrected chi connectivity index (χ3v) is 3.05. The van der Waals surface area contributed by atoms with Crippen molar-refractivity contribution in [1.82, 2.24) is 9.55 Å². The number of carbonyl (C=O) groups is 1. The van der Waals surface area contributed by atoms with E-state index in [0.717, 1.165) is 30.6 Å². The van der Waals surface area contributed by atoms with Gasteiger partial charge in [-0.2, -0.15) is 0 Å². The predicted molar refractivity (Wildman–Crippen MR) is 76.0 cm³/mol. The molecule has 2 aromatic rings. The predicted octanol–water partition coefficient (Wildman–Crippen LogP) is 2.69. The van der Waals surface area contributed by atoms with Gasteiger partial charge in [0.2, 0.25) is 0 Å². The Hall–Kier alpha value is -2.10. The van der Waals surface area contributed by atoms with Crippen molar-refractivity contribution in [2.24, 2.45) is 0 Å². The second-order valence-corrected chi connectivity index (χ2v) is 4.61. The minimum Gasteiger partial charge on any atom is -0.399 e. The molecule has 0 atom stereocenters. The Bertz CT molecular complexity index is 543. The number of benzene rings is 1. The SMILES string of the molecule is CCCn1ccnc1C(=O)CCc1ccc(N)cc1. The number of anilines is 1. The molecule has 0 amide bonds. The fourth-order valence-corrected chi connectivity index (χ4v) is 2.04. The van der Waals surface area contributed by atoms with E-state index in [1.165, 1.54) is 0 Å². The summed E-state index contributed by atoms with van der Waals surface area (Å²) in [5, 5.41) is 0. The summed E-state index contributed by atoms with van der Waals surface area (Å²) in [7, 11) is 0. The zero-order chi connectivity index (χ0) is 13.7. The molecule has 2 N–H and O–H groups in total. The molecule has 0 saturated heterocycles. The van der Waals surface area contributed by atoms with Gasteiger partial charge in [0.15, 0.2) is 11.6 Å². The highest BCUT2D eigenvalue weighted by Gasteiger charge is 2.12. The lowest BCUT2D eigenvalue weighted by molar-refractivity contribution is 0.0968. The average molecular weight is 257 g/mol. The van der Waals surface area contributed by atoms with E-state index in [0.29, 0.717) is 12.2 Å². The van der Waals surface area contributed by atoms with Gasteiger partial charge < -0.3 is 10.3 Å². The number of aromatic nitrogens is 2. The van der Waals surface area contributed by atoms with Crippen LogP contribution >= 0.6 is 0 Å². The number of ketones is 1. The van der Waals surface area contributed by atoms with E-state index < -0.39 is 0 Å². The number of hydrogen-bond acceptors (Lipinski definition) is 3. The molecular weight excluding hydrogens is 238 g/mol. The summed E-state index contributed by atoms with van der Waals surface area (Å²) < 4.78 is 1.92. The van der Waals surface area contributed by atoms with Crippen LogP contribution in [0, 0.1) is 0 Å². The zero-order valence-corrected chi connectivity index (χ0v) is 11.2. The van der Waals surface area contributed by atoms with Gasteiger partial charge >= 0.3 is 0 Å². The van der Waals surface area contributed by atoms with Crippen molar-refractivity contribution in [3.8, 4) is 0 Å². The van der Waals surface area contributed by atoms with Gasteiger partial charge in [-0.25, -0.2) is 4.98 Å². The Morgan fingerprint density at radius 3 is 2.74 bits per heavy atom. The minimum absolute atomic E-state index is 0.0928. The number of nitrogen functional groups attached to an aromatic ring is 1. The van der Waals surface area contributed by atoms with Crippen molar-refractivity contribution < 1.29 is 4.79 Å². The molecule has 100 valence electrons. The van der Waals surface area contributed by atoms with Gasteiger partial charge in [0.05, 0.1) is 0 Å². The van der Waals surface area contributed by atoms with Crippen LogP contribution in [0.4, 0.5) is 5.69 Å². The molecular formula is C15H19N3O. The van der Waals surface area contributed by atoms with Crippen LogP contribution in [0.3, 0.4) is 0 Å². The normalized spacial score (nSPS) is 10.6. The average Bonchev–Trinajstić information content (AvgIpc) is 2.86. The van der Waals surface area contributed by atoms with Crippen molar-refractivity contribution in [3.63, 3.8) is 0 Å². The molecule has 0 fully saturated rings. The first-order valence-corrected chi connectivity index (χ1v) is 6.59. The summed E-state index contributed by atoms with van der Waals surface area (Å²) in [6, 6.07) is 7.64. The third-order valence-electron chi connectivity index (χ3n) is 3.05. The van der Waals surface area contributed by atoms with Gasteiger partial charge in [-0.3, -0.25) is 4.79 Å². The van der Waals surface area contributed by atoms with Gasteiger partial charge in [-0.1, -0.05) is 19.1 Å². The lowest BCUT2D eigenvalue weighted by Crippen LogP contribution is -2.11. The molecule has 0 aliphatic carbocycles. The maximum absolute atomic E-state index is 12.1. The Labute approximate surface area is 113 Å². The van der Waals surface area contributed by atoms with Crippen molar-refractivity contribution in [2.45, 2.75) is 32.7 Å². The summed E-state index contributed by atoms with van der Waals surface area (Å²) >= 11 is 0. The largest absolute Gasteiger partial charge is 0.399 e. The summed E-state index contributed by atoms with van der Waals surface area (Å²) in [5.41, 5.74) is 7.50. The molecule has 0 bridgehead atoms. The minimum atomic E-state index is 0.0928. The first-order valence-electron chi connectivity index (χ1n) is 6.59. The second-order valence-electron chi connectivity index (χ2n) is 4.61. The smallest absolute Gasteiger partial charge is 0.198 e. The van der Waals surface area contributed by atoms with Crippen LogP contribution in [0.5, 0.6) is 0 Å². The topological polar surface area (TPSA) is 60.9 Å². The van der Waals surface area contributed by atoms with E-state index in [1.807, 2.05) is 35.0 Å². The zero-order valence-electron chi connectivity index (χ0n) is 11.2. The number of hydrogen-bond donors (Lipinski definition) is 1. The van der Waals surface area contributed by atoms with E-state index in [2.05, 4.69) is 11.9 Å². The molecule has 0 aliphatic rings. The van der Waals surface area contributed by atoms with Crippen LogP contribution in [0.2, 0.25) is 0 Å². The molecule has 0 saturated carbocycles. The summed E-state index contributed by atoms with van der Waals surface area (Å²) in [5.74, 6) is 0.660. The molecule has 1 aromatic carbocycles. The number of Topliss-reactive ketones (excluding diaryl/α,β-unsaturated/α-hetero) is 1. The first-order chi connectivity index (χ1) is 9.20. The lowest BCUT2D eigenvalue weighted by atomic mass is 10.1. The quantitative estimate of drug-likeness (QED) is 0.639. The summed E-state index contributed by atoms with van der Waals surface area (Å²) in [4.78, 5) is 16.3. The van der Waals surface area contributed by atoms with Crippen LogP contribution in [0.25, 0.3) is 0 Å². The molecule has 1 heterocycles. The van der Waals surface area contributed by atoms with Gasteiger partial charge in [-0.05, 0) is 30.5 Å². The van der Waals surface area contributed by atoms with Crippen LogP contribution in [0.1, 0.15) is 35.9 Å². The lowest BCUT2D eigenvalue weighted by Gasteiger charge is -2.05. The van der Waals surface area contributed by atoms with Gasteiger partial charge in [0.1, 0.15) is 0 Å². The van der Waals surface area contributed by atoms with Crippen LogP contribution in [0.15, 0.2) is 36.7 Å². The van der Waals surface area contributed by atoms with Gasteiger partial charge in [-0.15, -0.1) is 0 Å². The van der Waals surface area contributed by atoms with Crippen molar-refractivity contribution in [3.05, 3.63) is 48.0 Å². The van der Waals surface area contributed by atoms with Crippen LogP contribution in [-0.2, 0) is 13.0 Å². The molecule has 0 unspecified atom stereocenters. The molecule has 0 radical (unpaired) electrons. The number of imidazole rings is 1. The Kier molecular flexibility index (Phi) is 4.34. The summed E-state index contributed by atoms with van der Waals surface area (Å²) in [6.45, 7) is 2.92. The van der Waals surface area contributed by atoms with E-state index in [4.69, 9.17) is 5.73 Å². The number of nitrogens with zero attached hydrogens (tertiary/aromatic N) is 2. The maximum atomic E-state index is 12.1. The highest BCUT2D eigenvalue weighted by atomic mass is 16.1. The Balaban J connectivity index is 1.97. The van der Waals surface area contributed by atoms with Crippen molar-refractivity contribution in [1.29, 1.82) is 0 Å². The molecule has 4 nitrogen and oxygen atoms in total. The van der Waals surface area contributed by atoms with Gasteiger partial charge in [0.25, 0.3) is 0 Å². The number of nitrogens with two attached hydrogens (primary N) is 1. The highest BCUT2D eigenvalue weighted by molar-refractivity contribution is 5.92. The van der Waals surface area contributed by atoms with E-state index >= 15 is 0 Å². The summed E-state index contributed by atoms with van der Waals surface area (Å²) in [6.07, 6.45) is 5.74. The second kappa shape index (κ2) is 6.18. The van der Waals surface area contributed by atoms with E-state index in [9.17, 15) is 4.79 Å². The molecule has 0 spiro atoms. The van der Waals surface area contributed by atoms with Crippen LogP contribution < -0.4 is 5.73 Å². The third kappa shape index (κ3) is 3.44. The number of rotatable bonds is 6. The van der Waals surface area contributed by atoms with Gasteiger partial charge in [0, 0.05) is 31.0 Å². The Morgan fingerprint density at radius 1 is 1.32 bits per heavy atom.